The van der Waals surface area contributed by atoms with E-state index in [0.717, 1.165) is 4.57 Å². The number of aromatic nitrogens is 2. The van der Waals surface area contributed by atoms with Gasteiger partial charge in [-0.3, -0.25) is 18.5 Å². The van der Waals surface area contributed by atoms with E-state index in [4.69, 9.17) is 13.1 Å². The number of ether oxygens (including phenoxy) is 2. The molecule has 0 bridgehead atoms. The van der Waals surface area contributed by atoms with E-state index in [1.165, 1.54) is 38.6 Å². The van der Waals surface area contributed by atoms with Gasteiger partial charge in [-0.2, -0.15) is 0 Å². The molecular formula is C18H20F2N2O6S. The lowest BCUT2D eigenvalue weighted by Crippen LogP contribution is -2.26. The number of carbonyl (C=O) groups is 1. The summed E-state index contributed by atoms with van der Waals surface area (Å²) >= 11 is 0.658. The largest absolute Gasteiger partial charge is 0.472 e. The molecule has 0 aliphatic rings. The van der Waals surface area contributed by atoms with Crippen molar-refractivity contribution >= 4 is 18.3 Å². The van der Waals surface area contributed by atoms with Crippen LogP contribution in [0, 0.1) is 0 Å². The van der Waals surface area contributed by atoms with Crippen LogP contribution in [-0.4, -0.2) is 41.8 Å². The minimum Gasteiger partial charge on any atom is -0.472 e. The zero-order valence-corrected chi connectivity index (χ0v) is 17.0. The Labute approximate surface area is 170 Å². The van der Waals surface area contributed by atoms with Gasteiger partial charge in [0.1, 0.15) is 5.69 Å². The lowest BCUT2D eigenvalue weighted by Gasteiger charge is -2.15. The number of rotatable bonds is 9. The van der Waals surface area contributed by atoms with Crippen molar-refractivity contribution in [2.75, 3.05) is 20.3 Å². The van der Waals surface area contributed by atoms with Gasteiger partial charge >= 0.3 is 5.97 Å². The number of carbonyl (C=O) groups excluding carboxylic acids is 1. The summed E-state index contributed by atoms with van der Waals surface area (Å²) in [6.07, 6.45) is 1.24. The topological polar surface area (TPSA) is 88.9 Å². The Morgan fingerprint density at radius 1 is 1.34 bits per heavy atom. The van der Waals surface area contributed by atoms with Gasteiger partial charge < -0.3 is 13.7 Å². The molecule has 0 saturated heterocycles. The molecule has 0 amide bonds. The smallest absolute Gasteiger partial charge is 0.339 e. The van der Waals surface area contributed by atoms with Crippen LogP contribution >= 0.6 is 12.3 Å². The number of esters is 1. The second kappa shape index (κ2) is 9.70. The first-order chi connectivity index (χ1) is 13.7. The van der Waals surface area contributed by atoms with Crippen LogP contribution in [-0.2, 0) is 16.0 Å². The highest BCUT2D eigenvalue weighted by Gasteiger charge is 2.23. The highest BCUT2D eigenvalue weighted by Crippen LogP contribution is 2.30. The van der Waals surface area contributed by atoms with Gasteiger partial charge in [-0.25, -0.2) is 13.6 Å². The molecule has 2 aromatic heterocycles. The lowest BCUT2D eigenvalue weighted by molar-refractivity contribution is -0.0252. The van der Waals surface area contributed by atoms with Crippen molar-refractivity contribution in [3.63, 3.8) is 0 Å². The molecular weight excluding hydrogens is 410 g/mol. The minimum absolute atomic E-state index is 0.0300. The predicted octanol–water partition coefficient (Wildman–Crippen LogP) is 3.25. The summed E-state index contributed by atoms with van der Waals surface area (Å²) in [5.41, 5.74) is -0.179. The van der Waals surface area contributed by atoms with E-state index in [1.807, 2.05) is 0 Å². The molecule has 2 aromatic rings. The molecule has 0 fully saturated rings. The average Bonchev–Trinajstić information content (AvgIpc) is 2.68. The fourth-order valence-electron chi connectivity index (χ4n) is 2.19. The number of halogens is 2. The SMILES string of the molecule is CCOSOc1cc(C(=O)OC)cnc1-c1ccc(OCC(C)(F)F)n(C)c1=O. The Balaban J connectivity index is 2.45. The van der Waals surface area contributed by atoms with E-state index in [0.29, 0.717) is 25.9 Å². The van der Waals surface area contributed by atoms with Crippen molar-refractivity contribution in [1.29, 1.82) is 0 Å². The van der Waals surface area contributed by atoms with Gasteiger partial charge in [0.2, 0.25) is 12.3 Å². The van der Waals surface area contributed by atoms with Gasteiger partial charge in [-0.1, -0.05) is 0 Å². The number of methoxy groups -OCH3 is 1. The standard InChI is InChI=1S/C18H20F2N2O6S/c1-5-27-29-28-13-8-11(17(24)25-4)9-21-15(13)12-6-7-14(22(3)16(12)23)26-10-18(2,19)20/h6-9H,5,10H2,1-4H3. The molecule has 29 heavy (non-hydrogen) atoms. The van der Waals surface area contributed by atoms with Gasteiger partial charge in [0.25, 0.3) is 11.5 Å². The van der Waals surface area contributed by atoms with Crippen LogP contribution in [0.1, 0.15) is 24.2 Å². The summed E-state index contributed by atoms with van der Waals surface area (Å²) in [6.45, 7) is 1.96. The quantitative estimate of drug-likeness (QED) is 0.340. The molecule has 2 rings (SSSR count). The number of nitrogens with zero attached hydrogens (tertiary/aromatic N) is 2. The summed E-state index contributed by atoms with van der Waals surface area (Å²) in [6, 6.07) is 4.11. The van der Waals surface area contributed by atoms with E-state index in [1.54, 1.807) is 6.92 Å². The van der Waals surface area contributed by atoms with Crippen molar-refractivity contribution in [2.24, 2.45) is 7.05 Å². The molecule has 0 spiro atoms. The van der Waals surface area contributed by atoms with Crippen LogP contribution in [0.25, 0.3) is 11.3 Å². The lowest BCUT2D eigenvalue weighted by atomic mass is 10.1. The molecule has 158 valence electrons. The summed E-state index contributed by atoms with van der Waals surface area (Å²) in [5, 5.41) is 0. The van der Waals surface area contributed by atoms with Crippen molar-refractivity contribution in [2.45, 2.75) is 19.8 Å². The predicted molar refractivity (Wildman–Crippen MR) is 102 cm³/mol. The average molecular weight is 430 g/mol. The summed E-state index contributed by atoms with van der Waals surface area (Å²) in [4.78, 5) is 28.6. The van der Waals surface area contributed by atoms with Crippen LogP contribution in [0.4, 0.5) is 8.78 Å². The molecule has 11 heteroatoms. The van der Waals surface area contributed by atoms with Gasteiger partial charge in [-0.15, -0.1) is 0 Å². The minimum atomic E-state index is -3.04. The van der Waals surface area contributed by atoms with Gasteiger partial charge in [0.05, 0.1) is 24.8 Å². The van der Waals surface area contributed by atoms with E-state index in [2.05, 4.69) is 9.72 Å². The summed E-state index contributed by atoms with van der Waals surface area (Å²) in [7, 11) is 2.60. The molecule has 0 aliphatic carbocycles. The van der Waals surface area contributed by atoms with Crippen LogP contribution in [0.5, 0.6) is 11.6 Å². The van der Waals surface area contributed by atoms with Gasteiger partial charge in [0.15, 0.2) is 18.2 Å². The van der Waals surface area contributed by atoms with Crippen molar-refractivity contribution in [3.05, 3.63) is 40.3 Å². The highest BCUT2D eigenvalue weighted by atomic mass is 32.2. The van der Waals surface area contributed by atoms with Crippen molar-refractivity contribution in [3.8, 4) is 22.9 Å². The van der Waals surface area contributed by atoms with Crippen molar-refractivity contribution < 1.29 is 31.4 Å². The Morgan fingerprint density at radius 3 is 2.69 bits per heavy atom. The Morgan fingerprint density at radius 2 is 2.07 bits per heavy atom. The fraction of sp³-hybridized carbons (Fsp3) is 0.389. The van der Waals surface area contributed by atoms with E-state index in [9.17, 15) is 18.4 Å². The maximum absolute atomic E-state index is 13.0. The number of alkyl halides is 2. The first-order valence-electron chi connectivity index (χ1n) is 8.43. The third kappa shape index (κ3) is 5.91. The zero-order valence-electron chi connectivity index (χ0n) is 16.2. The van der Waals surface area contributed by atoms with E-state index >= 15 is 0 Å². The molecule has 0 unspecified atom stereocenters. The van der Waals surface area contributed by atoms with Gasteiger partial charge in [0, 0.05) is 26.2 Å². The number of pyridine rings is 2. The van der Waals surface area contributed by atoms with Crippen LogP contribution in [0.15, 0.2) is 29.2 Å². The first-order valence-corrected chi connectivity index (χ1v) is 9.10. The normalized spacial score (nSPS) is 11.2. The zero-order chi connectivity index (χ0) is 21.6. The Kier molecular flexibility index (Phi) is 7.57. The second-order valence-electron chi connectivity index (χ2n) is 5.93. The maximum atomic E-state index is 13.0. The van der Waals surface area contributed by atoms with E-state index in [-0.39, 0.29) is 28.5 Å². The molecule has 0 aromatic carbocycles. The molecule has 0 atom stereocenters. The van der Waals surface area contributed by atoms with Crippen LogP contribution < -0.4 is 14.5 Å². The fourth-order valence-corrected chi connectivity index (χ4v) is 2.54. The summed E-state index contributed by atoms with van der Waals surface area (Å²) < 4.78 is 47.3. The maximum Gasteiger partial charge on any atom is 0.339 e. The number of hydrogen-bond donors (Lipinski definition) is 0. The second-order valence-corrected chi connectivity index (χ2v) is 6.47. The molecule has 0 radical (unpaired) electrons. The van der Waals surface area contributed by atoms with Crippen molar-refractivity contribution in [1.82, 2.24) is 9.55 Å². The Bertz CT molecular complexity index is 930. The monoisotopic (exact) mass is 430 g/mol. The molecule has 2 heterocycles. The molecule has 0 saturated carbocycles. The Hall–Kier alpha value is -2.66. The molecule has 0 N–H and O–H groups in total. The third-order valence-electron chi connectivity index (χ3n) is 3.55. The number of hydrogen-bond acceptors (Lipinski definition) is 8. The van der Waals surface area contributed by atoms with Crippen LogP contribution in [0.2, 0.25) is 0 Å². The molecule has 8 nitrogen and oxygen atoms in total. The van der Waals surface area contributed by atoms with E-state index < -0.39 is 24.1 Å². The third-order valence-corrected chi connectivity index (χ3v) is 4.13. The summed E-state index contributed by atoms with van der Waals surface area (Å²) in [5.74, 6) is -3.61. The van der Waals surface area contributed by atoms with Gasteiger partial charge in [-0.05, 0) is 19.1 Å². The molecule has 0 aliphatic heterocycles. The highest BCUT2D eigenvalue weighted by molar-refractivity contribution is 7.90. The van der Waals surface area contributed by atoms with Crippen LogP contribution in [0.3, 0.4) is 0 Å². The first kappa shape index (κ1) is 22.6.